The largest absolute Gasteiger partial charge is 0.343 e. The lowest BCUT2D eigenvalue weighted by Gasteiger charge is -2.26. The summed E-state index contributed by atoms with van der Waals surface area (Å²) in [7, 11) is 0. The van der Waals surface area contributed by atoms with E-state index in [1.165, 1.54) is 6.07 Å². The summed E-state index contributed by atoms with van der Waals surface area (Å²) in [6.07, 6.45) is 2.97. The molecule has 29 heavy (non-hydrogen) atoms. The molecule has 0 aliphatic heterocycles. The Bertz CT molecular complexity index is 1230. The molecule has 0 atom stereocenters. The van der Waals surface area contributed by atoms with Crippen molar-refractivity contribution in [2.75, 3.05) is 0 Å². The highest BCUT2D eigenvalue weighted by Crippen LogP contribution is 2.33. The fourth-order valence-corrected chi connectivity index (χ4v) is 3.72. The van der Waals surface area contributed by atoms with Gasteiger partial charge in [-0.3, -0.25) is 0 Å². The van der Waals surface area contributed by atoms with Crippen LogP contribution in [-0.2, 0) is 17.4 Å². The molecule has 4 heterocycles. The lowest BCUT2D eigenvalue weighted by molar-refractivity contribution is 0.411. The minimum Gasteiger partial charge on any atom is -0.343 e. The number of pyridine rings is 2. The molecule has 0 amide bonds. The molecule has 1 N–H and O–H groups in total. The zero-order valence-corrected chi connectivity index (χ0v) is 17.1. The Hall–Kier alpha value is -2.83. The van der Waals surface area contributed by atoms with Gasteiger partial charge in [0.1, 0.15) is 17.1 Å². The molecule has 4 nitrogen and oxygen atoms in total. The van der Waals surface area contributed by atoms with Crippen LogP contribution in [0.1, 0.15) is 45.7 Å². The van der Waals surface area contributed by atoms with Crippen LogP contribution in [0.4, 0.5) is 13.2 Å². The molecular weight excluding hydrogens is 377 g/mol. The summed E-state index contributed by atoms with van der Waals surface area (Å²) >= 11 is 0. The minimum absolute atomic E-state index is 0.171. The molecule has 0 bridgehead atoms. The average molecular weight is 400 g/mol. The number of halogens is 3. The summed E-state index contributed by atoms with van der Waals surface area (Å²) in [6, 6.07) is 5.17. The zero-order chi connectivity index (χ0) is 21.1. The van der Waals surface area contributed by atoms with E-state index in [-0.39, 0.29) is 22.0 Å². The summed E-state index contributed by atoms with van der Waals surface area (Å²) in [6.45, 7) is 9.82. The normalized spacial score (nSPS) is 13.0. The SMILES string of the molecule is CC(C)(C)c1cc2ccn(CC(C)(C)c3cc4c(F)c[nH]c4nc3F)c2nc1F. The molecule has 0 aliphatic carbocycles. The fraction of sp³-hybridized carbons (Fsp3) is 0.364. The van der Waals surface area contributed by atoms with Gasteiger partial charge >= 0.3 is 0 Å². The van der Waals surface area contributed by atoms with Crippen LogP contribution in [0, 0.1) is 17.7 Å². The van der Waals surface area contributed by atoms with E-state index in [1.54, 1.807) is 4.57 Å². The quantitative estimate of drug-likeness (QED) is 0.455. The monoisotopic (exact) mass is 400 g/mol. The highest BCUT2D eigenvalue weighted by atomic mass is 19.1. The highest BCUT2D eigenvalue weighted by molar-refractivity contribution is 5.78. The van der Waals surface area contributed by atoms with E-state index in [4.69, 9.17) is 0 Å². The van der Waals surface area contributed by atoms with Gasteiger partial charge in [-0.2, -0.15) is 8.78 Å². The molecule has 152 valence electrons. The molecule has 7 heteroatoms. The standard InChI is InChI=1S/C22H23F3N4/c1-21(2,3)14-8-12-6-7-29(20(12)28-17(14)24)11-22(4,5)15-9-13-16(23)10-26-19(13)27-18(15)25/h6-10H,11H2,1-5H3,(H,26,27). The second-order valence-corrected chi connectivity index (χ2v) is 9.18. The van der Waals surface area contributed by atoms with Crippen molar-refractivity contribution in [3.05, 3.63) is 59.4 Å². The van der Waals surface area contributed by atoms with Gasteiger partial charge in [-0.1, -0.05) is 34.6 Å². The number of fused-ring (bicyclic) bond motifs is 2. The van der Waals surface area contributed by atoms with E-state index in [0.717, 1.165) is 11.6 Å². The van der Waals surface area contributed by atoms with Gasteiger partial charge < -0.3 is 9.55 Å². The zero-order valence-electron chi connectivity index (χ0n) is 17.1. The molecule has 4 rings (SSSR count). The van der Waals surface area contributed by atoms with Crippen LogP contribution >= 0.6 is 0 Å². The number of H-pyrrole nitrogens is 1. The lowest BCUT2D eigenvalue weighted by atomic mass is 9.84. The Balaban J connectivity index is 1.77. The van der Waals surface area contributed by atoms with Gasteiger partial charge in [-0.25, -0.2) is 14.4 Å². The van der Waals surface area contributed by atoms with Crippen molar-refractivity contribution in [1.82, 2.24) is 19.5 Å². The van der Waals surface area contributed by atoms with Gasteiger partial charge in [0.2, 0.25) is 11.9 Å². The van der Waals surface area contributed by atoms with Crippen molar-refractivity contribution in [3.8, 4) is 0 Å². The number of hydrogen-bond donors (Lipinski definition) is 1. The number of rotatable bonds is 3. The van der Waals surface area contributed by atoms with E-state index in [0.29, 0.717) is 17.8 Å². The first-order valence-corrected chi connectivity index (χ1v) is 9.47. The second-order valence-electron chi connectivity index (χ2n) is 9.18. The molecule has 0 spiro atoms. The Morgan fingerprint density at radius 3 is 2.34 bits per heavy atom. The van der Waals surface area contributed by atoms with Crippen molar-refractivity contribution in [1.29, 1.82) is 0 Å². The molecule has 4 aromatic rings. The van der Waals surface area contributed by atoms with Crippen LogP contribution in [0.15, 0.2) is 30.6 Å². The third kappa shape index (κ3) is 3.28. The molecule has 0 saturated heterocycles. The molecular formula is C22H23F3N4. The van der Waals surface area contributed by atoms with E-state index in [1.807, 2.05) is 52.9 Å². The summed E-state index contributed by atoms with van der Waals surface area (Å²) < 4.78 is 45.1. The fourth-order valence-electron chi connectivity index (χ4n) is 3.72. The van der Waals surface area contributed by atoms with Gasteiger partial charge in [0, 0.05) is 40.9 Å². The van der Waals surface area contributed by atoms with Gasteiger partial charge in [-0.05, 0) is 23.6 Å². The van der Waals surface area contributed by atoms with Crippen LogP contribution in [0.3, 0.4) is 0 Å². The van der Waals surface area contributed by atoms with Gasteiger partial charge in [0.25, 0.3) is 0 Å². The van der Waals surface area contributed by atoms with Gasteiger partial charge in [0.05, 0.1) is 5.39 Å². The number of nitrogens with zero attached hydrogens (tertiary/aromatic N) is 3. The Labute approximate surface area is 166 Å². The first-order valence-electron chi connectivity index (χ1n) is 9.47. The van der Waals surface area contributed by atoms with E-state index >= 15 is 0 Å². The summed E-state index contributed by atoms with van der Waals surface area (Å²) in [5.74, 6) is -1.64. The van der Waals surface area contributed by atoms with Crippen molar-refractivity contribution in [2.45, 2.75) is 52.0 Å². The number of aromatic amines is 1. The van der Waals surface area contributed by atoms with Crippen LogP contribution in [0.25, 0.3) is 22.1 Å². The van der Waals surface area contributed by atoms with Gasteiger partial charge in [-0.15, -0.1) is 0 Å². The molecule has 0 saturated carbocycles. The lowest BCUT2D eigenvalue weighted by Crippen LogP contribution is -2.26. The predicted molar refractivity (Wildman–Crippen MR) is 107 cm³/mol. The molecule has 4 aromatic heterocycles. The molecule has 0 unspecified atom stereocenters. The van der Waals surface area contributed by atoms with Crippen LogP contribution in [-0.4, -0.2) is 19.5 Å². The minimum atomic E-state index is -0.734. The maximum Gasteiger partial charge on any atom is 0.218 e. The maximum atomic E-state index is 14.7. The Kier molecular flexibility index (Phi) is 4.26. The Morgan fingerprint density at radius 2 is 1.66 bits per heavy atom. The number of nitrogens with one attached hydrogen (secondary N) is 1. The van der Waals surface area contributed by atoms with E-state index in [2.05, 4.69) is 15.0 Å². The first-order chi connectivity index (χ1) is 13.5. The van der Waals surface area contributed by atoms with Crippen molar-refractivity contribution in [2.24, 2.45) is 0 Å². The van der Waals surface area contributed by atoms with E-state index < -0.39 is 23.1 Å². The average Bonchev–Trinajstić information content (AvgIpc) is 3.16. The topological polar surface area (TPSA) is 46.5 Å². The third-order valence-corrected chi connectivity index (χ3v) is 5.36. The number of hydrogen-bond acceptors (Lipinski definition) is 2. The molecule has 0 aromatic carbocycles. The molecule has 0 aliphatic rings. The molecule has 0 fully saturated rings. The third-order valence-electron chi connectivity index (χ3n) is 5.36. The van der Waals surface area contributed by atoms with Crippen LogP contribution in [0.2, 0.25) is 0 Å². The number of aromatic nitrogens is 4. The van der Waals surface area contributed by atoms with Crippen LogP contribution < -0.4 is 0 Å². The van der Waals surface area contributed by atoms with Crippen molar-refractivity contribution >= 4 is 22.1 Å². The first kappa shape index (κ1) is 19.5. The summed E-state index contributed by atoms with van der Waals surface area (Å²) in [4.78, 5) is 10.7. The second kappa shape index (κ2) is 6.34. The highest BCUT2D eigenvalue weighted by Gasteiger charge is 2.28. The predicted octanol–water partition coefficient (Wildman–Crippen LogP) is 5.61. The smallest absolute Gasteiger partial charge is 0.218 e. The maximum absolute atomic E-state index is 14.7. The van der Waals surface area contributed by atoms with Crippen molar-refractivity contribution in [3.63, 3.8) is 0 Å². The van der Waals surface area contributed by atoms with Crippen molar-refractivity contribution < 1.29 is 13.2 Å². The summed E-state index contributed by atoms with van der Waals surface area (Å²) in [5, 5.41) is 1.06. The van der Waals surface area contributed by atoms with E-state index in [9.17, 15) is 13.2 Å². The molecule has 0 radical (unpaired) electrons. The van der Waals surface area contributed by atoms with Crippen LogP contribution in [0.5, 0.6) is 0 Å². The van der Waals surface area contributed by atoms with Gasteiger partial charge in [0.15, 0.2) is 0 Å². The Morgan fingerprint density at radius 1 is 0.966 bits per heavy atom. The summed E-state index contributed by atoms with van der Waals surface area (Å²) in [5.41, 5.74) is 0.400.